The first-order chi connectivity index (χ1) is 11.9. The highest BCUT2D eigenvalue weighted by molar-refractivity contribution is 5.90. The number of hydrogen-bond donors (Lipinski definition) is 0. The van der Waals surface area contributed by atoms with E-state index in [2.05, 4.69) is 9.97 Å². The van der Waals surface area contributed by atoms with Crippen molar-refractivity contribution in [2.75, 3.05) is 24.6 Å². The number of halogens is 3. The molecular formula is C17H18F3N3O2. The molecule has 0 radical (unpaired) electrons. The van der Waals surface area contributed by atoms with Crippen LogP contribution >= 0.6 is 0 Å². The summed E-state index contributed by atoms with van der Waals surface area (Å²) < 4.78 is 44.5. The van der Waals surface area contributed by atoms with E-state index < -0.39 is 12.0 Å². The van der Waals surface area contributed by atoms with Crippen LogP contribution in [0.1, 0.15) is 25.6 Å². The second-order valence-electron chi connectivity index (χ2n) is 5.92. The first-order valence-electron chi connectivity index (χ1n) is 8.15. The number of carbonyl (C=O) groups excluding carboxylic acids is 1. The highest BCUT2D eigenvalue weighted by Crippen LogP contribution is 2.33. The molecule has 0 bridgehead atoms. The zero-order valence-electron chi connectivity index (χ0n) is 13.7. The van der Waals surface area contributed by atoms with Gasteiger partial charge in [0.1, 0.15) is 5.82 Å². The number of carbonyl (C=O) groups is 1. The molecule has 1 saturated heterocycles. The van der Waals surface area contributed by atoms with E-state index in [1.165, 1.54) is 6.07 Å². The molecule has 3 rings (SSSR count). The Morgan fingerprint density at radius 2 is 2.08 bits per heavy atom. The quantitative estimate of drug-likeness (QED) is 0.792. The molecule has 0 spiro atoms. The molecule has 134 valence electrons. The lowest BCUT2D eigenvalue weighted by molar-refractivity contribution is -0.148. The van der Waals surface area contributed by atoms with E-state index in [4.69, 9.17) is 4.74 Å². The smallest absolute Gasteiger partial charge is 0.451 e. The van der Waals surface area contributed by atoms with Crippen LogP contribution in [0, 0.1) is 5.92 Å². The van der Waals surface area contributed by atoms with Crippen LogP contribution in [0.15, 0.2) is 24.3 Å². The minimum absolute atomic E-state index is 0.215. The van der Waals surface area contributed by atoms with Crippen molar-refractivity contribution in [2.45, 2.75) is 25.9 Å². The SMILES string of the molecule is CCOC(=O)C1CCCN(c2nc(C(F)(F)F)nc3ccccc23)C1. The van der Waals surface area contributed by atoms with Gasteiger partial charge < -0.3 is 9.64 Å². The molecule has 0 amide bonds. The molecule has 1 atom stereocenters. The molecule has 0 aliphatic carbocycles. The minimum Gasteiger partial charge on any atom is -0.466 e. The van der Waals surface area contributed by atoms with Crippen LogP contribution in [0.25, 0.3) is 10.9 Å². The number of ether oxygens (including phenoxy) is 1. The van der Waals surface area contributed by atoms with Crippen molar-refractivity contribution in [2.24, 2.45) is 5.92 Å². The van der Waals surface area contributed by atoms with Crippen LogP contribution < -0.4 is 4.90 Å². The summed E-state index contributed by atoms with van der Waals surface area (Å²) in [6.07, 6.45) is -3.29. The van der Waals surface area contributed by atoms with E-state index in [0.29, 0.717) is 24.8 Å². The van der Waals surface area contributed by atoms with Crippen LogP contribution in [0.2, 0.25) is 0 Å². The van der Waals surface area contributed by atoms with Crippen molar-refractivity contribution < 1.29 is 22.7 Å². The number of nitrogens with zero attached hydrogens (tertiary/aromatic N) is 3. The maximum absolute atomic E-state index is 13.2. The Kier molecular flexibility index (Phi) is 4.78. The maximum atomic E-state index is 13.2. The maximum Gasteiger partial charge on any atom is 0.451 e. The number of esters is 1. The van der Waals surface area contributed by atoms with Crippen molar-refractivity contribution in [1.29, 1.82) is 0 Å². The second-order valence-corrected chi connectivity index (χ2v) is 5.92. The number of benzene rings is 1. The first-order valence-corrected chi connectivity index (χ1v) is 8.15. The molecule has 2 aromatic rings. The summed E-state index contributed by atoms with van der Waals surface area (Å²) in [6, 6.07) is 6.59. The number of piperidine rings is 1. The number of anilines is 1. The van der Waals surface area contributed by atoms with Crippen molar-refractivity contribution in [1.82, 2.24) is 9.97 Å². The lowest BCUT2D eigenvalue weighted by Crippen LogP contribution is -2.40. The largest absolute Gasteiger partial charge is 0.466 e. The molecule has 1 fully saturated rings. The Morgan fingerprint density at radius 3 is 2.80 bits per heavy atom. The zero-order chi connectivity index (χ0) is 18.0. The molecule has 1 aromatic heterocycles. The lowest BCUT2D eigenvalue weighted by atomic mass is 9.98. The Hall–Kier alpha value is -2.38. The topological polar surface area (TPSA) is 55.3 Å². The third kappa shape index (κ3) is 3.67. The van der Waals surface area contributed by atoms with Crippen LogP contribution in [0.4, 0.5) is 19.0 Å². The van der Waals surface area contributed by atoms with Gasteiger partial charge in [-0.15, -0.1) is 0 Å². The van der Waals surface area contributed by atoms with Gasteiger partial charge in [0.15, 0.2) is 0 Å². The molecule has 0 saturated carbocycles. The van der Waals surface area contributed by atoms with Crippen molar-refractivity contribution in [3.05, 3.63) is 30.1 Å². The number of aromatic nitrogens is 2. The fraction of sp³-hybridized carbons (Fsp3) is 0.471. The van der Waals surface area contributed by atoms with Gasteiger partial charge >= 0.3 is 12.1 Å². The summed E-state index contributed by atoms with van der Waals surface area (Å²) in [5.41, 5.74) is 0.234. The molecular weight excluding hydrogens is 335 g/mol. The van der Waals surface area contributed by atoms with Gasteiger partial charge in [0.25, 0.3) is 0 Å². The summed E-state index contributed by atoms with van der Waals surface area (Å²) in [4.78, 5) is 21.1. The van der Waals surface area contributed by atoms with Crippen LogP contribution in [0.5, 0.6) is 0 Å². The monoisotopic (exact) mass is 353 g/mol. The average Bonchev–Trinajstić information content (AvgIpc) is 2.60. The molecule has 0 N–H and O–H groups in total. The van der Waals surface area contributed by atoms with Gasteiger partial charge in [0.05, 0.1) is 18.0 Å². The van der Waals surface area contributed by atoms with Crippen molar-refractivity contribution in [3.63, 3.8) is 0 Å². The predicted octanol–water partition coefficient (Wildman–Crippen LogP) is 3.43. The third-order valence-electron chi connectivity index (χ3n) is 4.18. The van der Waals surface area contributed by atoms with Gasteiger partial charge in [-0.2, -0.15) is 13.2 Å². The fourth-order valence-electron chi connectivity index (χ4n) is 3.05. The standard InChI is InChI=1S/C17H18F3N3O2/c1-2-25-15(24)11-6-5-9-23(10-11)14-12-7-3-4-8-13(12)21-16(22-14)17(18,19)20/h3-4,7-8,11H,2,5-6,9-10H2,1H3. The zero-order valence-corrected chi connectivity index (χ0v) is 13.7. The van der Waals surface area contributed by atoms with E-state index in [-0.39, 0.29) is 36.4 Å². The summed E-state index contributed by atoms with van der Waals surface area (Å²) >= 11 is 0. The Balaban J connectivity index is 2.00. The van der Waals surface area contributed by atoms with Gasteiger partial charge in [-0.05, 0) is 31.9 Å². The first kappa shape index (κ1) is 17.4. The van der Waals surface area contributed by atoms with Gasteiger partial charge in [0, 0.05) is 18.5 Å². The van der Waals surface area contributed by atoms with E-state index >= 15 is 0 Å². The molecule has 1 aliphatic heterocycles. The number of alkyl halides is 3. The van der Waals surface area contributed by atoms with Crippen LogP contribution in [-0.2, 0) is 15.7 Å². The van der Waals surface area contributed by atoms with Gasteiger partial charge in [-0.25, -0.2) is 9.97 Å². The Labute approximate surface area is 142 Å². The van der Waals surface area contributed by atoms with Gasteiger partial charge in [0.2, 0.25) is 5.82 Å². The minimum atomic E-state index is -4.63. The lowest BCUT2D eigenvalue weighted by Gasteiger charge is -2.33. The molecule has 25 heavy (non-hydrogen) atoms. The molecule has 1 aromatic carbocycles. The number of para-hydroxylation sites is 1. The number of fused-ring (bicyclic) bond motifs is 1. The van der Waals surface area contributed by atoms with Gasteiger partial charge in [-0.3, -0.25) is 4.79 Å². The normalized spacial score (nSPS) is 18.4. The summed E-state index contributed by atoms with van der Waals surface area (Å²) in [7, 11) is 0. The molecule has 1 unspecified atom stereocenters. The van der Waals surface area contributed by atoms with Gasteiger partial charge in [-0.1, -0.05) is 12.1 Å². The van der Waals surface area contributed by atoms with E-state index in [9.17, 15) is 18.0 Å². The molecule has 5 nitrogen and oxygen atoms in total. The number of rotatable bonds is 3. The number of hydrogen-bond acceptors (Lipinski definition) is 5. The van der Waals surface area contributed by atoms with E-state index in [1.807, 2.05) is 0 Å². The second kappa shape index (κ2) is 6.85. The Morgan fingerprint density at radius 1 is 1.32 bits per heavy atom. The third-order valence-corrected chi connectivity index (χ3v) is 4.18. The van der Waals surface area contributed by atoms with Crippen LogP contribution in [0.3, 0.4) is 0 Å². The predicted molar refractivity (Wildman–Crippen MR) is 86.1 cm³/mol. The molecule has 8 heteroatoms. The summed E-state index contributed by atoms with van der Waals surface area (Å²) in [5.74, 6) is -1.63. The summed E-state index contributed by atoms with van der Waals surface area (Å²) in [5, 5.41) is 0.542. The fourth-order valence-corrected chi connectivity index (χ4v) is 3.05. The summed E-state index contributed by atoms with van der Waals surface area (Å²) in [6.45, 7) is 2.83. The van der Waals surface area contributed by atoms with Crippen LogP contribution in [-0.4, -0.2) is 35.6 Å². The van der Waals surface area contributed by atoms with Crippen molar-refractivity contribution >= 4 is 22.7 Å². The molecule has 1 aliphatic rings. The van der Waals surface area contributed by atoms with E-state index in [1.54, 1.807) is 30.0 Å². The Bertz CT molecular complexity index is 779. The highest BCUT2D eigenvalue weighted by Gasteiger charge is 2.37. The van der Waals surface area contributed by atoms with Crippen molar-refractivity contribution in [3.8, 4) is 0 Å². The molecule has 2 heterocycles. The van der Waals surface area contributed by atoms with E-state index in [0.717, 1.165) is 0 Å². The average molecular weight is 353 g/mol. The highest BCUT2D eigenvalue weighted by atomic mass is 19.4.